The number of unbranched alkanes of at least 4 members (excludes halogenated alkanes) is 2. The molecule has 1 aromatic rings. The molecule has 0 N–H and O–H groups in total. The van der Waals surface area contributed by atoms with Crippen LogP contribution >= 0.6 is 0 Å². The third-order valence-electron chi connectivity index (χ3n) is 7.65. The molecule has 0 heterocycles. The molecule has 0 aliphatic heterocycles. The van der Waals surface area contributed by atoms with Gasteiger partial charge in [-0.05, 0) is 86.7 Å². The fourth-order valence-electron chi connectivity index (χ4n) is 5.56. The summed E-state index contributed by atoms with van der Waals surface area (Å²) < 4.78 is 0. The van der Waals surface area contributed by atoms with Crippen molar-refractivity contribution in [1.29, 1.82) is 0 Å². The monoisotopic (exact) mass is 380 g/mol. The van der Waals surface area contributed by atoms with Crippen LogP contribution in [0.1, 0.15) is 108 Å². The van der Waals surface area contributed by atoms with Gasteiger partial charge in [0, 0.05) is 0 Å². The third-order valence-corrected chi connectivity index (χ3v) is 7.65. The summed E-state index contributed by atoms with van der Waals surface area (Å²) in [7, 11) is 0. The van der Waals surface area contributed by atoms with Crippen molar-refractivity contribution >= 4 is 0 Å². The van der Waals surface area contributed by atoms with Gasteiger partial charge in [0.25, 0.3) is 0 Å². The highest BCUT2D eigenvalue weighted by molar-refractivity contribution is 5.24. The van der Waals surface area contributed by atoms with E-state index in [0.29, 0.717) is 0 Å². The highest BCUT2D eigenvalue weighted by Gasteiger charge is 2.28. The van der Waals surface area contributed by atoms with Crippen molar-refractivity contribution in [2.75, 3.05) is 0 Å². The molecular weight excluding hydrogens is 336 g/mol. The maximum atomic E-state index is 2.63. The first kappa shape index (κ1) is 21.7. The maximum Gasteiger partial charge on any atom is -0.0241 e. The fraction of sp³-hybridized carbons (Fsp3) is 0.714. The predicted octanol–water partition coefficient (Wildman–Crippen LogP) is 8.68. The first-order valence-corrected chi connectivity index (χ1v) is 12.5. The van der Waals surface area contributed by atoms with Crippen LogP contribution in [-0.2, 0) is 12.8 Å². The molecule has 2 aliphatic rings. The van der Waals surface area contributed by atoms with Gasteiger partial charge in [-0.1, -0.05) is 88.3 Å². The molecule has 0 saturated heterocycles. The van der Waals surface area contributed by atoms with Crippen molar-refractivity contribution in [3.63, 3.8) is 0 Å². The van der Waals surface area contributed by atoms with Gasteiger partial charge in [-0.3, -0.25) is 0 Å². The summed E-state index contributed by atoms with van der Waals surface area (Å²) in [6.45, 7) is 4.61. The van der Waals surface area contributed by atoms with Crippen LogP contribution in [0.3, 0.4) is 0 Å². The van der Waals surface area contributed by atoms with E-state index in [9.17, 15) is 0 Å². The highest BCUT2D eigenvalue weighted by Crippen LogP contribution is 2.41. The van der Waals surface area contributed by atoms with Gasteiger partial charge < -0.3 is 0 Å². The average molecular weight is 381 g/mol. The van der Waals surface area contributed by atoms with Crippen LogP contribution in [0.15, 0.2) is 35.9 Å². The number of rotatable bonds is 10. The first-order chi connectivity index (χ1) is 13.8. The van der Waals surface area contributed by atoms with Gasteiger partial charge in [0.15, 0.2) is 0 Å². The van der Waals surface area contributed by atoms with Crippen LogP contribution in [0, 0.1) is 17.8 Å². The number of aryl methyl sites for hydroxylation is 2. The summed E-state index contributed by atoms with van der Waals surface area (Å²) in [5.74, 6) is 3.08. The Morgan fingerprint density at radius 2 is 1.39 bits per heavy atom. The fourth-order valence-corrected chi connectivity index (χ4v) is 5.56. The zero-order chi connectivity index (χ0) is 19.6. The zero-order valence-corrected chi connectivity index (χ0v) is 18.7. The van der Waals surface area contributed by atoms with E-state index in [1.54, 1.807) is 5.57 Å². The minimum Gasteiger partial charge on any atom is -0.0850 e. The van der Waals surface area contributed by atoms with Gasteiger partial charge in [0.2, 0.25) is 0 Å². The molecule has 1 fully saturated rings. The molecule has 0 amide bonds. The van der Waals surface area contributed by atoms with Gasteiger partial charge in [0.05, 0.1) is 0 Å². The van der Waals surface area contributed by atoms with E-state index in [4.69, 9.17) is 0 Å². The molecule has 0 bridgehead atoms. The number of allylic oxidation sites excluding steroid dienone is 2. The van der Waals surface area contributed by atoms with Crippen molar-refractivity contribution in [2.24, 2.45) is 17.8 Å². The zero-order valence-electron chi connectivity index (χ0n) is 18.7. The van der Waals surface area contributed by atoms with E-state index in [1.807, 2.05) is 0 Å². The Hall–Kier alpha value is -1.04. The highest BCUT2D eigenvalue weighted by atomic mass is 14.3. The average Bonchev–Trinajstić information content (AvgIpc) is 2.76. The topological polar surface area (TPSA) is 0 Å². The van der Waals surface area contributed by atoms with Gasteiger partial charge in [-0.2, -0.15) is 0 Å². The van der Waals surface area contributed by atoms with Gasteiger partial charge in [0.1, 0.15) is 0 Å². The molecule has 156 valence electrons. The molecule has 1 aromatic carbocycles. The SMILES string of the molecule is CCCCc1ccc(CCC2=CCC(C3CCC(CCCC)CC3)CC2)cc1. The van der Waals surface area contributed by atoms with Crippen molar-refractivity contribution in [2.45, 2.75) is 110 Å². The van der Waals surface area contributed by atoms with Crippen LogP contribution in [0.4, 0.5) is 0 Å². The lowest BCUT2D eigenvalue weighted by molar-refractivity contribution is 0.185. The van der Waals surface area contributed by atoms with Crippen LogP contribution in [0.25, 0.3) is 0 Å². The Kier molecular flexibility index (Phi) is 9.16. The molecule has 1 unspecified atom stereocenters. The molecule has 3 rings (SSSR count). The minimum absolute atomic E-state index is 0.994. The molecule has 1 atom stereocenters. The summed E-state index contributed by atoms with van der Waals surface area (Å²) in [6.07, 6.45) is 23.6. The van der Waals surface area contributed by atoms with Crippen LogP contribution in [0.5, 0.6) is 0 Å². The second kappa shape index (κ2) is 11.8. The molecule has 28 heavy (non-hydrogen) atoms. The first-order valence-electron chi connectivity index (χ1n) is 12.5. The molecular formula is C28H44. The van der Waals surface area contributed by atoms with E-state index in [-0.39, 0.29) is 0 Å². The lowest BCUT2D eigenvalue weighted by Crippen LogP contribution is -2.23. The largest absolute Gasteiger partial charge is 0.0850 e. The van der Waals surface area contributed by atoms with E-state index >= 15 is 0 Å². The van der Waals surface area contributed by atoms with E-state index in [2.05, 4.69) is 44.2 Å². The van der Waals surface area contributed by atoms with E-state index < -0.39 is 0 Å². The van der Waals surface area contributed by atoms with Crippen molar-refractivity contribution in [3.05, 3.63) is 47.0 Å². The molecule has 0 heteroatoms. The van der Waals surface area contributed by atoms with Crippen LogP contribution in [-0.4, -0.2) is 0 Å². The summed E-state index contributed by atoms with van der Waals surface area (Å²) in [4.78, 5) is 0. The van der Waals surface area contributed by atoms with Crippen LogP contribution < -0.4 is 0 Å². The Morgan fingerprint density at radius 1 is 0.714 bits per heavy atom. The molecule has 2 aliphatic carbocycles. The maximum absolute atomic E-state index is 2.63. The molecule has 0 radical (unpaired) electrons. The Bertz CT molecular complexity index is 571. The second-order valence-electron chi connectivity index (χ2n) is 9.74. The molecule has 0 aromatic heterocycles. The molecule has 0 nitrogen and oxygen atoms in total. The Balaban J connectivity index is 1.37. The van der Waals surface area contributed by atoms with Crippen LogP contribution in [0.2, 0.25) is 0 Å². The lowest BCUT2D eigenvalue weighted by Gasteiger charge is -2.35. The predicted molar refractivity (Wildman–Crippen MR) is 124 cm³/mol. The molecule has 0 spiro atoms. The summed E-state index contributed by atoms with van der Waals surface area (Å²) >= 11 is 0. The summed E-state index contributed by atoms with van der Waals surface area (Å²) in [5, 5.41) is 0. The normalized spacial score (nSPS) is 25.5. The third kappa shape index (κ3) is 6.78. The summed E-state index contributed by atoms with van der Waals surface area (Å²) in [5.41, 5.74) is 4.77. The van der Waals surface area contributed by atoms with Gasteiger partial charge >= 0.3 is 0 Å². The quantitative estimate of drug-likeness (QED) is 0.356. The lowest BCUT2D eigenvalue weighted by atomic mass is 9.70. The minimum atomic E-state index is 0.994. The number of benzene rings is 1. The Labute approximate surface area is 175 Å². The van der Waals surface area contributed by atoms with E-state index in [0.717, 1.165) is 17.8 Å². The van der Waals surface area contributed by atoms with Crippen molar-refractivity contribution in [3.8, 4) is 0 Å². The van der Waals surface area contributed by atoms with Gasteiger partial charge in [-0.25, -0.2) is 0 Å². The van der Waals surface area contributed by atoms with Crippen molar-refractivity contribution in [1.82, 2.24) is 0 Å². The second-order valence-corrected chi connectivity index (χ2v) is 9.74. The van der Waals surface area contributed by atoms with Gasteiger partial charge in [-0.15, -0.1) is 0 Å². The molecule has 1 saturated carbocycles. The smallest absolute Gasteiger partial charge is 0.0241 e. The van der Waals surface area contributed by atoms with E-state index in [1.165, 1.54) is 107 Å². The van der Waals surface area contributed by atoms with Crippen molar-refractivity contribution < 1.29 is 0 Å². The Morgan fingerprint density at radius 3 is 2.00 bits per heavy atom. The number of hydrogen-bond donors (Lipinski definition) is 0. The summed E-state index contributed by atoms with van der Waals surface area (Å²) in [6, 6.07) is 9.45. The standard InChI is InChI=1S/C28H44/c1-3-5-7-23-9-11-25(12-10-23)13-14-26-17-21-28(22-18-26)27-19-15-24(16-20-27)8-6-4-2/h9-12,17,24,27-28H,3-8,13-16,18-22H2,1-2H3. The number of hydrogen-bond acceptors (Lipinski definition) is 0.